The molecule has 1 fully saturated rings. The largest absolute Gasteiger partial charge is 0.307 e. The van der Waals surface area contributed by atoms with E-state index in [1.165, 1.54) is 43.2 Å². The molecule has 2 unspecified atom stereocenters. The van der Waals surface area contributed by atoms with Crippen LogP contribution in [0, 0.1) is 12.8 Å². The average Bonchev–Trinajstić information content (AvgIpc) is 3.19. The van der Waals surface area contributed by atoms with Crippen molar-refractivity contribution in [3.63, 3.8) is 0 Å². The van der Waals surface area contributed by atoms with E-state index < -0.39 is 0 Å². The third-order valence-corrected chi connectivity index (χ3v) is 3.98. The molecule has 0 bridgehead atoms. The van der Waals surface area contributed by atoms with E-state index in [1.807, 2.05) is 0 Å². The number of aryl methyl sites for hydroxylation is 1. The van der Waals surface area contributed by atoms with Crippen molar-refractivity contribution >= 4 is 0 Å². The molecule has 2 rings (SSSR count). The molecule has 1 saturated carbocycles. The van der Waals surface area contributed by atoms with Crippen LogP contribution < -0.4 is 5.32 Å². The van der Waals surface area contributed by atoms with Crippen LogP contribution in [0.3, 0.4) is 0 Å². The highest BCUT2D eigenvalue weighted by atomic mass is 15.0. The molecule has 1 aromatic carbocycles. The summed E-state index contributed by atoms with van der Waals surface area (Å²) in [5.41, 5.74) is 2.83. The zero-order valence-electron chi connectivity index (χ0n) is 12.1. The molecule has 18 heavy (non-hydrogen) atoms. The molecule has 1 aliphatic carbocycles. The Morgan fingerprint density at radius 3 is 2.44 bits per heavy atom. The molecule has 0 radical (unpaired) electrons. The first-order chi connectivity index (χ1) is 8.70. The number of nitrogens with one attached hydrogen (secondary N) is 1. The van der Waals surface area contributed by atoms with Gasteiger partial charge in [-0.1, -0.05) is 49.6 Å². The maximum absolute atomic E-state index is 3.85. The number of rotatable bonds is 7. The van der Waals surface area contributed by atoms with Gasteiger partial charge in [0.05, 0.1) is 0 Å². The molecule has 1 N–H and O–H groups in total. The SMILES string of the molecule is CCCCC(C)NC(c1ccc(C)cc1)C1CC1. The second-order valence-corrected chi connectivity index (χ2v) is 5.94. The molecular formula is C17H27N. The normalized spacial score (nSPS) is 18.6. The quantitative estimate of drug-likeness (QED) is 0.739. The Morgan fingerprint density at radius 2 is 1.89 bits per heavy atom. The maximum atomic E-state index is 3.85. The van der Waals surface area contributed by atoms with Crippen molar-refractivity contribution in [2.24, 2.45) is 5.92 Å². The van der Waals surface area contributed by atoms with Crippen LogP contribution in [0.15, 0.2) is 24.3 Å². The van der Waals surface area contributed by atoms with Gasteiger partial charge in [-0.25, -0.2) is 0 Å². The molecule has 1 aliphatic rings. The minimum Gasteiger partial charge on any atom is -0.307 e. The molecule has 2 atom stereocenters. The summed E-state index contributed by atoms with van der Waals surface area (Å²) in [6, 6.07) is 10.3. The average molecular weight is 245 g/mol. The molecule has 100 valence electrons. The summed E-state index contributed by atoms with van der Waals surface area (Å²) >= 11 is 0. The third-order valence-electron chi connectivity index (χ3n) is 3.98. The van der Waals surface area contributed by atoms with Gasteiger partial charge in [0.25, 0.3) is 0 Å². The molecule has 0 amide bonds. The van der Waals surface area contributed by atoms with E-state index in [0.717, 1.165) is 5.92 Å². The molecule has 0 spiro atoms. The van der Waals surface area contributed by atoms with Crippen LogP contribution in [0.1, 0.15) is 63.1 Å². The zero-order chi connectivity index (χ0) is 13.0. The Morgan fingerprint density at radius 1 is 1.22 bits per heavy atom. The number of hydrogen-bond acceptors (Lipinski definition) is 1. The van der Waals surface area contributed by atoms with E-state index in [2.05, 4.69) is 50.4 Å². The van der Waals surface area contributed by atoms with Gasteiger partial charge < -0.3 is 5.32 Å². The molecular weight excluding hydrogens is 218 g/mol. The Hall–Kier alpha value is -0.820. The first-order valence-corrected chi connectivity index (χ1v) is 7.53. The van der Waals surface area contributed by atoms with Gasteiger partial charge in [-0.15, -0.1) is 0 Å². The first-order valence-electron chi connectivity index (χ1n) is 7.53. The Labute approximate surface area is 112 Å². The van der Waals surface area contributed by atoms with E-state index in [-0.39, 0.29) is 0 Å². The first kappa shape index (κ1) is 13.6. The standard InChI is InChI=1S/C17H27N/c1-4-5-6-14(3)18-17(16-11-12-16)15-9-7-13(2)8-10-15/h7-10,14,16-18H,4-6,11-12H2,1-3H3. The van der Waals surface area contributed by atoms with Crippen LogP contribution in [0.25, 0.3) is 0 Å². The molecule has 0 saturated heterocycles. The fourth-order valence-electron chi connectivity index (χ4n) is 2.61. The van der Waals surface area contributed by atoms with Crippen molar-refractivity contribution in [3.05, 3.63) is 35.4 Å². The number of unbranched alkanes of at least 4 members (excludes halogenated alkanes) is 1. The second kappa shape index (κ2) is 6.38. The smallest absolute Gasteiger partial charge is 0.0350 e. The predicted octanol–water partition coefficient (Wildman–Crippen LogP) is 4.61. The molecule has 0 heterocycles. The lowest BCUT2D eigenvalue weighted by Gasteiger charge is -2.24. The number of hydrogen-bond donors (Lipinski definition) is 1. The van der Waals surface area contributed by atoms with Crippen LogP contribution in [0.4, 0.5) is 0 Å². The summed E-state index contributed by atoms with van der Waals surface area (Å²) in [6.45, 7) is 6.76. The lowest BCUT2D eigenvalue weighted by atomic mass is 9.99. The highest BCUT2D eigenvalue weighted by Gasteiger charge is 2.32. The summed E-state index contributed by atoms with van der Waals surface area (Å²) in [4.78, 5) is 0. The summed E-state index contributed by atoms with van der Waals surface area (Å²) in [7, 11) is 0. The van der Waals surface area contributed by atoms with Crippen molar-refractivity contribution < 1.29 is 0 Å². The van der Waals surface area contributed by atoms with Gasteiger partial charge in [-0.3, -0.25) is 0 Å². The fourth-order valence-corrected chi connectivity index (χ4v) is 2.61. The van der Waals surface area contributed by atoms with Crippen molar-refractivity contribution in [1.29, 1.82) is 0 Å². The maximum Gasteiger partial charge on any atom is 0.0350 e. The van der Waals surface area contributed by atoms with Crippen molar-refractivity contribution in [1.82, 2.24) is 5.32 Å². The summed E-state index contributed by atoms with van der Waals surface area (Å²) in [5, 5.41) is 3.85. The van der Waals surface area contributed by atoms with Crippen LogP contribution in [0.5, 0.6) is 0 Å². The topological polar surface area (TPSA) is 12.0 Å². The lowest BCUT2D eigenvalue weighted by Crippen LogP contribution is -2.31. The fraction of sp³-hybridized carbons (Fsp3) is 0.647. The molecule has 0 aliphatic heterocycles. The predicted molar refractivity (Wildman–Crippen MR) is 78.8 cm³/mol. The van der Waals surface area contributed by atoms with Gasteiger partial charge in [-0.2, -0.15) is 0 Å². The second-order valence-electron chi connectivity index (χ2n) is 5.94. The minimum atomic E-state index is 0.581. The van der Waals surface area contributed by atoms with Gasteiger partial charge in [0.2, 0.25) is 0 Å². The van der Waals surface area contributed by atoms with Gasteiger partial charge in [0, 0.05) is 12.1 Å². The van der Waals surface area contributed by atoms with Crippen molar-refractivity contribution in [3.8, 4) is 0 Å². The van der Waals surface area contributed by atoms with Gasteiger partial charge in [-0.05, 0) is 44.6 Å². The third kappa shape index (κ3) is 3.84. The Bertz CT molecular complexity index is 350. The summed E-state index contributed by atoms with van der Waals surface area (Å²) < 4.78 is 0. The van der Waals surface area contributed by atoms with E-state index >= 15 is 0 Å². The summed E-state index contributed by atoms with van der Waals surface area (Å²) in [5.74, 6) is 0.872. The van der Waals surface area contributed by atoms with Crippen molar-refractivity contribution in [2.75, 3.05) is 0 Å². The van der Waals surface area contributed by atoms with Crippen LogP contribution in [0.2, 0.25) is 0 Å². The van der Waals surface area contributed by atoms with E-state index in [9.17, 15) is 0 Å². The van der Waals surface area contributed by atoms with Crippen LogP contribution >= 0.6 is 0 Å². The summed E-state index contributed by atoms with van der Waals surface area (Å²) in [6.07, 6.45) is 6.72. The van der Waals surface area contributed by atoms with Gasteiger partial charge >= 0.3 is 0 Å². The van der Waals surface area contributed by atoms with E-state index in [1.54, 1.807) is 0 Å². The van der Waals surface area contributed by atoms with E-state index in [4.69, 9.17) is 0 Å². The van der Waals surface area contributed by atoms with E-state index in [0.29, 0.717) is 12.1 Å². The zero-order valence-corrected chi connectivity index (χ0v) is 12.1. The van der Waals surface area contributed by atoms with Gasteiger partial charge in [0.15, 0.2) is 0 Å². The Balaban J connectivity index is 1.97. The monoisotopic (exact) mass is 245 g/mol. The molecule has 0 aromatic heterocycles. The molecule has 1 heteroatoms. The highest BCUT2D eigenvalue weighted by molar-refractivity contribution is 5.25. The minimum absolute atomic E-state index is 0.581. The Kier molecular flexibility index (Phi) is 4.82. The van der Waals surface area contributed by atoms with Crippen LogP contribution in [-0.2, 0) is 0 Å². The number of benzene rings is 1. The highest BCUT2D eigenvalue weighted by Crippen LogP contribution is 2.41. The molecule has 1 aromatic rings. The van der Waals surface area contributed by atoms with Crippen molar-refractivity contribution in [2.45, 2.75) is 65.0 Å². The van der Waals surface area contributed by atoms with Crippen LogP contribution in [-0.4, -0.2) is 6.04 Å². The lowest BCUT2D eigenvalue weighted by molar-refractivity contribution is 0.397. The molecule has 1 nitrogen and oxygen atoms in total. The van der Waals surface area contributed by atoms with Gasteiger partial charge in [0.1, 0.15) is 0 Å².